The smallest absolute Gasteiger partial charge is 0.250 e. The molecular weight excluding hydrogens is 535 g/mol. The fourth-order valence-corrected chi connectivity index (χ4v) is 5.49. The first-order chi connectivity index (χ1) is 18.9. The molecule has 0 aromatic carbocycles. The van der Waals surface area contributed by atoms with Crippen LogP contribution in [0.4, 0.5) is 4.39 Å². The number of aliphatic hydroxyl groups excluding tert-OH is 3. The van der Waals surface area contributed by atoms with Crippen LogP contribution < -0.4 is 33.2 Å². The van der Waals surface area contributed by atoms with Gasteiger partial charge in [-0.15, -0.1) is 0 Å². The Bertz CT molecular complexity index is 804. The maximum absolute atomic E-state index is 12.5. The summed E-state index contributed by atoms with van der Waals surface area (Å²) in [5, 5.41) is 51.2. The van der Waals surface area contributed by atoms with Crippen molar-refractivity contribution in [1.82, 2.24) is 16.0 Å². The van der Waals surface area contributed by atoms with Gasteiger partial charge in [0.2, 0.25) is 5.91 Å². The van der Waals surface area contributed by atoms with Gasteiger partial charge in [0.15, 0.2) is 12.6 Å². The molecule has 13 N–H and O–H groups in total. The number of aliphatic hydroxyl groups is 4. The number of ether oxygens (including phenoxy) is 4. The van der Waals surface area contributed by atoms with Crippen LogP contribution in [0.3, 0.4) is 0 Å². The van der Waals surface area contributed by atoms with E-state index in [4.69, 9.17) is 36.1 Å². The van der Waals surface area contributed by atoms with E-state index in [0.29, 0.717) is 19.4 Å². The van der Waals surface area contributed by atoms with Gasteiger partial charge in [-0.2, -0.15) is 0 Å². The molecule has 234 valence electrons. The lowest BCUT2D eigenvalue weighted by atomic mass is 9.83. The predicted molar refractivity (Wildman–Crippen MR) is 139 cm³/mol. The fourth-order valence-electron chi connectivity index (χ4n) is 5.49. The lowest BCUT2D eigenvalue weighted by molar-refractivity contribution is -0.307. The van der Waals surface area contributed by atoms with E-state index in [1.165, 1.54) is 6.92 Å². The number of rotatable bonds is 12. The molecule has 15 nitrogen and oxygen atoms in total. The van der Waals surface area contributed by atoms with Crippen LogP contribution in [0.5, 0.6) is 0 Å². The Balaban J connectivity index is 1.78. The first kappa shape index (κ1) is 33.4. The molecular formula is C24H47FN6O9. The zero-order valence-corrected chi connectivity index (χ0v) is 23.0. The summed E-state index contributed by atoms with van der Waals surface area (Å²) in [5.74, 6) is -0.790. The van der Waals surface area contributed by atoms with E-state index in [0.717, 1.165) is 0 Å². The Morgan fingerprint density at radius 1 is 1.15 bits per heavy atom. The second kappa shape index (κ2) is 14.9. The molecule has 16 heteroatoms. The molecule has 2 aliphatic heterocycles. The molecule has 1 amide bonds. The molecule has 3 aliphatic rings. The Hall–Kier alpha value is -1.12. The number of halogens is 1. The molecule has 2 saturated heterocycles. The number of hydrogen-bond acceptors (Lipinski definition) is 14. The SMILES string of the molecule is CN[C@@H]1C(O)[C@@H](OC2C(O)C(O[C@H]3O[C@H](CNCCF)CCC3N)[C@@H](N)C[C@H]2NC(=O)[C@@H](O)CN)OCC1(C)O. The molecule has 3 rings (SSSR count). The highest BCUT2D eigenvalue weighted by molar-refractivity contribution is 5.81. The van der Waals surface area contributed by atoms with Crippen LogP contribution in [0, 0.1) is 0 Å². The van der Waals surface area contributed by atoms with E-state index in [-0.39, 0.29) is 32.2 Å². The van der Waals surface area contributed by atoms with Crippen molar-refractivity contribution in [2.75, 3.05) is 40.0 Å². The molecule has 0 radical (unpaired) electrons. The van der Waals surface area contributed by atoms with E-state index in [1.807, 2.05) is 0 Å². The average molecular weight is 583 g/mol. The van der Waals surface area contributed by atoms with Gasteiger partial charge in [-0.1, -0.05) is 0 Å². The Labute approximate surface area is 233 Å². The summed E-state index contributed by atoms with van der Waals surface area (Å²) in [7, 11) is 1.56. The standard InChI is InChI=1S/C24H47FN6O9/c1-24(36)10-37-23(17(34)20(24)29-2)40-19-14(31-21(35)15(32)8-26)7-13(28)18(16(19)33)39-22-12(27)4-3-11(38-22)9-30-6-5-25/h11-20,22-23,29-30,32-34,36H,3-10,26-28H2,1-2H3,(H,31,35)/t11-,12?,13-,14+,15-,16?,17?,18?,19?,20+,22+,23+,24?/m0/s1. The molecule has 0 aromatic heterocycles. The summed E-state index contributed by atoms with van der Waals surface area (Å²) in [5.41, 5.74) is 16.6. The minimum absolute atomic E-state index is 0.0505. The molecule has 0 bridgehead atoms. The highest BCUT2D eigenvalue weighted by atomic mass is 19.1. The van der Waals surface area contributed by atoms with E-state index >= 15 is 0 Å². The van der Waals surface area contributed by atoms with Crippen LogP contribution in [0.15, 0.2) is 0 Å². The van der Waals surface area contributed by atoms with Gasteiger partial charge in [-0.25, -0.2) is 4.39 Å². The Morgan fingerprint density at radius 3 is 2.50 bits per heavy atom. The van der Waals surface area contributed by atoms with E-state index in [1.54, 1.807) is 7.05 Å². The van der Waals surface area contributed by atoms with Crippen molar-refractivity contribution in [2.24, 2.45) is 17.2 Å². The van der Waals surface area contributed by atoms with E-state index < -0.39 is 85.5 Å². The summed E-state index contributed by atoms with van der Waals surface area (Å²) in [6.45, 7) is 1.06. The molecule has 13 atom stereocenters. The summed E-state index contributed by atoms with van der Waals surface area (Å²) in [6, 6.07) is -3.09. The molecule has 3 fully saturated rings. The van der Waals surface area contributed by atoms with Gasteiger partial charge in [-0.05, 0) is 33.2 Å². The number of hydrogen-bond donors (Lipinski definition) is 10. The number of alkyl halides is 1. The summed E-state index contributed by atoms with van der Waals surface area (Å²) in [4.78, 5) is 12.5. The van der Waals surface area contributed by atoms with Crippen LogP contribution in [-0.4, -0.2) is 145 Å². The highest BCUT2D eigenvalue weighted by Gasteiger charge is 2.52. The van der Waals surface area contributed by atoms with Crippen LogP contribution in [0.2, 0.25) is 0 Å². The third-order valence-electron chi connectivity index (χ3n) is 7.74. The first-order valence-corrected chi connectivity index (χ1v) is 13.7. The van der Waals surface area contributed by atoms with Crippen molar-refractivity contribution in [3.05, 3.63) is 0 Å². The van der Waals surface area contributed by atoms with Crippen molar-refractivity contribution < 1.29 is 48.6 Å². The Kier molecular flexibility index (Phi) is 12.4. The minimum Gasteiger partial charge on any atom is -0.388 e. The molecule has 0 spiro atoms. The van der Waals surface area contributed by atoms with Gasteiger partial charge >= 0.3 is 0 Å². The molecule has 0 aromatic rings. The van der Waals surface area contributed by atoms with Crippen LogP contribution in [0.25, 0.3) is 0 Å². The lowest BCUT2D eigenvalue weighted by Gasteiger charge is -2.49. The topological polar surface area (TPSA) is 249 Å². The number of nitrogens with two attached hydrogens (primary N) is 3. The number of carbonyl (C=O) groups is 1. The number of carbonyl (C=O) groups excluding carboxylic acids is 1. The van der Waals surface area contributed by atoms with Crippen LogP contribution in [0.1, 0.15) is 26.2 Å². The first-order valence-electron chi connectivity index (χ1n) is 13.7. The highest BCUT2D eigenvalue weighted by Crippen LogP contribution is 2.32. The Morgan fingerprint density at radius 2 is 1.85 bits per heavy atom. The van der Waals surface area contributed by atoms with Crippen molar-refractivity contribution in [3.63, 3.8) is 0 Å². The van der Waals surface area contributed by atoms with Crippen molar-refractivity contribution in [3.8, 4) is 0 Å². The van der Waals surface area contributed by atoms with Crippen molar-refractivity contribution in [2.45, 2.75) is 105 Å². The van der Waals surface area contributed by atoms with Crippen LogP contribution in [-0.2, 0) is 23.7 Å². The second-order valence-corrected chi connectivity index (χ2v) is 11.0. The maximum Gasteiger partial charge on any atom is 0.250 e. The van der Waals surface area contributed by atoms with Crippen LogP contribution >= 0.6 is 0 Å². The normalized spacial score (nSPS) is 43.3. The number of likely N-dealkylation sites (N-methyl/N-ethyl adjacent to an activating group) is 1. The molecule has 2 heterocycles. The lowest BCUT2D eigenvalue weighted by Crippen LogP contribution is -2.69. The third-order valence-corrected chi connectivity index (χ3v) is 7.74. The van der Waals surface area contributed by atoms with Gasteiger partial charge in [0.05, 0.1) is 30.8 Å². The summed E-state index contributed by atoms with van der Waals surface area (Å²) < 4.78 is 36.2. The zero-order valence-electron chi connectivity index (χ0n) is 23.0. The van der Waals surface area contributed by atoms with E-state index in [2.05, 4.69) is 16.0 Å². The largest absolute Gasteiger partial charge is 0.388 e. The van der Waals surface area contributed by atoms with Crippen molar-refractivity contribution in [1.29, 1.82) is 0 Å². The maximum atomic E-state index is 12.5. The number of nitrogens with one attached hydrogen (secondary N) is 3. The van der Waals surface area contributed by atoms with Gasteiger partial charge in [0.25, 0.3) is 0 Å². The average Bonchev–Trinajstić information content (AvgIpc) is 2.91. The third kappa shape index (κ3) is 8.03. The van der Waals surface area contributed by atoms with Gasteiger partial charge in [-0.3, -0.25) is 4.79 Å². The molecule has 1 saturated carbocycles. The van der Waals surface area contributed by atoms with Gasteiger partial charge in [0, 0.05) is 25.7 Å². The second-order valence-electron chi connectivity index (χ2n) is 11.0. The molecule has 6 unspecified atom stereocenters. The van der Waals surface area contributed by atoms with E-state index in [9.17, 15) is 29.6 Å². The minimum atomic E-state index is -1.50. The number of amides is 1. The van der Waals surface area contributed by atoms with Crippen molar-refractivity contribution >= 4 is 5.91 Å². The summed E-state index contributed by atoms with van der Waals surface area (Å²) in [6.07, 6.45) is -7.87. The quantitative estimate of drug-likeness (QED) is 0.0969. The molecule has 40 heavy (non-hydrogen) atoms. The summed E-state index contributed by atoms with van der Waals surface area (Å²) >= 11 is 0. The van der Waals surface area contributed by atoms with Gasteiger partial charge < -0.3 is 72.5 Å². The fraction of sp³-hybridized carbons (Fsp3) is 0.958. The zero-order chi connectivity index (χ0) is 29.6. The monoisotopic (exact) mass is 582 g/mol. The molecule has 1 aliphatic carbocycles. The predicted octanol–water partition coefficient (Wildman–Crippen LogP) is -4.90. The van der Waals surface area contributed by atoms with Gasteiger partial charge in [0.1, 0.15) is 42.8 Å².